The molecular weight excluding hydrogens is 233 g/mol. The van der Waals surface area contributed by atoms with Crippen LogP contribution in [0.2, 0.25) is 0 Å². The summed E-state index contributed by atoms with van der Waals surface area (Å²) in [6.07, 6.45) is 2.13. The fourth-order valence-corrected chi connectivity index (χ4v) is 1.10. The number of hydrogen-bond acceptors (Lipinski definition) is 2. The van der Waals surface area contributed by atoms with Crippen LogP contribution in [0.3, 0.4) is 0 Å². The zero-order chi connectivity index (χ0) is 6.24. The van der Waals surface area contributed by atoms with Gasteiger partial charge in [0, 0.05) is 23.3 Å². The molecule has 0 aromatic carbocycles. The number of hydrogen-bond donors (Lipinski definition) is 1. The van der Waals surface area contributed by atoms with Crippen LogP contribution in [0.25, 0.3) is 0 Å². The molecule has 0 aliphatic rings. The van der Waals surface area contributed by atoms with Gasteiger partial charge in [-0.15, -0.1) is 0 Å². The zero-order valence-corrected chi connectivity index (χ0v) is 8.09. The van der Waals surface area contributed by atoms with E-state index in [4.69, 9.17) is 0 Å². The molecule has 0 aromatic rings. The molecule has 0 aliphatic heterocycles. The summed E-state index contributed by atoms with van der Waals surface area (Å²) in [5, 5.41) is 3.31. The van der Waals surface area contributed by atoms with Crippen LogP contribution in [0.4, 0.5) is 0 Å². The minimum absolute atomic E-state index is 1.15. The molecule has 0 spiro atoms. The molecule has 0 radical (unpaired) electrons. The van der Waals surface area contributed by atoms with Crippen LogP contribution in [0.15, 0.2) is 0 Å². The van der Waals surface area contributed by atoms with Gasteiger partial charge in [0.1, 0.15) is 0 Å². The van der Waals surface area contributed by atoms with Crippen molar-refractivity contribution >= 4 is 34.4 Å². The van der Waals surface area contributed by atoms with Gasteiger partial charge in [-0.05, 0) is 6.26 Å². The molecule has 0 fully saturated rings. The van der Waals surface area contributed by atoms with Gasteiger partial charge in [0.2, 0.25) is 0 Å². The Balaban J connectivity index is 2.53. The molecule has 50 valence electrons. The first-order valence-electron chi connectivity index (χ1n) is 2.67. The van der Waals surface area contributed by atoms with Gasteiger partial charge < -0.3 is 5.32 Å². The number of thioether (sulfide) groups is 1. The molecule has 1 nitrogen and oxygen atoms in total. The summed E-state index contributed by atoms with van der Waals surface area (Å²) < 4.78 is 1.21. The summed E-state index contributed by atoms with van der Waals surface area (Å²) in [4.78, 5) is 0. The molecule has 0 aromatic heterocycles. The van der Waals surface area contributed by atoms with E-state index < -0.39 is 0 Å². The highest BCUT2D eigenvalue weighted by Crippen LogP contribution is 1.86. The Kier molecular flexibility index (Phi) is 9.09. The fraction of sp³-hybridized carbons (Fsp3) is 1.00. The fourth-order valence-electron chi connectivity index (χ4n) is 0.366. The lowest BCUT2D eigenvalue weighted by Gasteiger charge is -1.97. The topological polar surface area (TPSA) is 12.0 Å². The molecule has 0 rings (SSSR count). The molecule has 0 amide bonds. The third-order valence-electron chi connectivity index (χ3n) is 0.754. The average Bonchev–Trinajstić information content (AvgIpc) is 1.81. The van der Waals surface area contributed by atoms with E-state index in [-0.39, 0.29) is 0 Å². The second kappa shape index (κ2) is 8.04. The molecule has 0 saturated heterocycles. The van der Waals surface area contributed by atoms with Crippen LogP contribution in [-0.2, 0) is 0 Å². The van der Waals surface area contributed by atoms with Crippen molar-refractivity contribution in [1.82, 2.24) is 5.32 Å². The van der Waals surface area contributed by atoms with Crippen LogP contribution in [-0.4, -0.2) is 29.5 Å². The molecule has 1 N–H and O–H groups in total. The van der Waals surface area contributed by atoms with E-state index in [1.807, 2.05) is 11.8 Å². The minimum Gasteiger partial charge on any atom is -0.315 e. The Morgan fingerprint density at radius 1 is 1.50 bits per heavy atom. The maximum absolute atomic E-state index is 3.31. The minimum atomic E-state index is 1.15. The third-order valence-corrected chi connectivity index (χ3v) is 1.91. The smallest absolute Gasteiger partial charge is 0.0121 e. The van der Waals surface area contributed by atoms with E-state index in [0.29, 0.717) is 0 Å². The van der Waals surface area contributed by atoms with Gasteiger partial charge >= 0.3 is 0 Å². The summed E-state index contributed by atoms with van der Waals surface area (Å²) >= 11 is 4.26. The second-order valence-electron chi connectivity index (χ2n) is 1.43. The summed E-state index contributed by atoms with van der Waals surface area (Å²) in [5.41, 5.74) is 0. The lowest BCUT2D eigenvalue weighted by Crippen LogP contribution is -2.18. The molecule has 0 bridgehead atoms. The molecule has 0 heterocycles. The monoisotopic (exact) mass is 245 g/mol. The number of halogens is 1. The van der Waals surface area contributed by atoms with Gasteiger partial charge in [0.15, 0.2) is 0 Å². The second-order valence-corrected chi connectivity index (χ2v) is 3.50. The first kappa shape index (κ1) is 9.04. The maximum Gasteiger partial charge on any atom is 0.0121 e. The predicted octanol–water partition coefficient (Wildman–Crippen LogP) is 1.37. The van der Waals surface area contributed by atoms with Crippen LogP contribution >= 0.6 is 34.4 Å². The Morgan fingerprint density at radius 2 is 2.25 bits per heavy atom. The van der Waals surface area contributed by atoms with E-state index >= 15 is 0 Å². The molecule has 0 aliphatic carbocycles. The summed E-state index contributed by atoms with van der Waals surface area (Å²) in [7, 11) is 0. The first-order chi connectivity index (χ1) is 3.91. The molecule has 0 unspecified atom stereocenters. The molecule has 0 atom stereocenters. The van der Waals surface area contributed by atoms with E-state index in [1.165, 1.54) is 10.2 Å². The quantitative estimate of drug-likeness (QED) is 0.446. The summed E-state index contributed by atoms with van der Waals surface area (Å²) in [5.74, 6) is 1.23. The van der Waals surface area contributed by atoms with E-state index in [2.05, 4.69) is 34.2 Å². The van der Waals surface area contributed by atoms with Crippen molar-refractivity contribution in [3.8, 4) is 0 Å². The van der Waals surface area contributed by atoms with Crippen molar-refractivity contribution in [3.05, 3.63) is 0 Å². The maximum atomic E-state index is 3.31. The zero-order valence-electron chi connectivity index (χ0n) is 5.11. The summed E-state index contributed by atoms with van der Waals surface area (Å²) in [6, 6.07) is 0. The lowest BCUT2D eigenvalue weighted by molar-refractivity contribution is 0.780. The average molecular weight is 245 g/mol. The molecule has 3 heteroatoms. The molecule has 0 saturated carbocycles. The Hall–Kier alpha value is 1.04. The molecule has 8 heavy (non-hydrogen) atoms. The van der Waals surface area contributed by atoms with Gasteiger partial charge in [-0.25, -0.2) is 0 Å². The van der Waals surface area contributed by atoms with Crippen molar-refractivity contribution in [2.45, 2.75) is 0 Å². The number of nitrogens with one attached hydrogen (secondary N) is 1. The molecular formula is C5H12INS. The SMILES string of the molecule is CSCCNCCI. The van der Waals surface area contributed by atoms with Crippen molar-refractivity contribution in [2.75, 3.05) is 29.5 Å². The number of rotatable bonds is 5. The van der Waals surface area contributed by atoms with Gasteiger partial charge in [0.05, 0.1) is 0 Å². The highest BCUT2D eigenvalue weighted by Gasteiger charge is 1.81. The Morgan fingerprint density at radius 3 is 2.75 bits per heavy atom. The summed E-state index contributed by atoms with van der Waals surface area (Å²) in [6.45, 7) is 2.31. The van der Waals surface area contributed by atoms with Crippen molar-refractivity contribution < 1.29 is 0 Å². The van der Waals surface area contributed by atoms with Gasteiger partial charge in [-0.1, -0.05) is 22.6 Å². The normalized spacial score (nSPS) is 9.75. The highest BCUT2D eigenvalue weighted by molar-refractivity contribution is 14.1. The van der Waals surface area contributed by atoms with E-state index in [9.17, 15) is 0 Å². The van der Waals surface area contributed by atoms with Crippen molar-refractivity contribution in [3.63, 3.8) is 0 Å². The Bertz CT molecular complexity index is 37.4. The van der Waals surface area contributed by atoms with Gasteiger partial charge in [-0.3, -0.25) is 0 Å². The van der Waals surface area contributed by atoms with E-state index in [1.54, 1.807) is 0 Å². The van der Waals surface area contributed by atoms with Crippen molar-refractivity contribution in [1.29, 1.82) is 0 Å². The van der Waals surface area contributed by atoms with Gasteiger partial charge in [-0.2, -0.15) is 11.8 Å². The number of alkyl halides is 1. The van der Waals surface area contributed by atoms with Crippen LogP contribution in [0, 0.1) is 0 Å². The van der Waals surface area contributed by atoms with Crippen LogP contribution in [0.1, 0.15) is 0 Å². The third kappa shape index (κ3) is 7.04. The largest absolute Gasteiger partial charge is 0.315 e. The Labute approximate surface area is 69.1 Å². The lowest BCUT2D eigenvalue weighted by atomic mass is 10.7. The first-order valence-corrected chi connectivity index (χ1v) is 5.59. The van der Waals surface area contributed by atoms with Crippen LogP contribution in [0.5, 0.6) is 0 Å². The highest BCUT2D eigenvalue weighted by atomic mass is 127. The van der Waals surface area contributed by atoms with E-state index in [0.717, 1.165) is 13.1 Å². The van der Waals surface area contributed by atoms with Crippen LogP contribution < -0.4 is 5.32 Å². The van der Waals surface area contributed by atoms with Crippen molar-refractivity contribution in [2.24, 2.45) is 0 Å². The van der Waals surface area contributed by atoms with Gasteiger partial charge in [0.25, 0.3) is 0 Å². The predicted molar refractivity (Wildman–Crippen MR) is 50.1 cm³/mol. The standard InChI is InChI=1S/C5H12INS/c1-8-5-4-7-3-2-6/h7H,2-5H2,1H3.